The van der Waals surface area contributed by atoms with E-state index in [1.807, 2.05) is 60.7 Å². The summed E-state index contributed by atoms with van der Waals surface area (Å²) in [6.07, 6.45) is 1.91. The fourth-order valence-electron chi connectivity index (χ4n) is 2.90. The third-order valence-corrected chi connectivity index (χ3v) is 4.92. The lowest BCUT2D eigenvalue weighted by Gasteiger charge is -2.19. The molecular formula is C25H29N4O4. The topological polar surface area (TPSA) is 134 Å². The molecule has 3 amide bonds. The molecule has 0 heterocycles. The fraction of sp³-hybridized carbons (Fsp3) is 0.320. The Morgan fingerprint density at radius 2 is 1.79 bits per heavy atom. The van der Waals surface area contributed by atoms with Crippen LogP contribution < -0.4 is 21.1 Å². The van der Waals surface area contributed by atoms with Crippen LogP contribution >= 0.6 is 0 Å². The van der Waals surface area contributed by atoms with E-state index in [9.17, 15) is 14.4 Å². The van der Waals surface area contributed by atoms with Crippen molar-refractivity contribution in [2.24, 2.45) is 11.7 Å². The van der Waals surface area contributed by atoms with Crippen LogP contribution in [-0.2, 0) is 27.4 Å². The van der Waals surface area contributed by atoms with Crippen molar-refractivity contribution in [3.8, 4) is 11.8 Å². The number of rotatable bonds is 13. The average molecular weight is 450 g/mol. The smallest absolute Gasteiger partial charge is 0.242 e. The van der Waals surface area contributed by atoms with Crippen LogP contribution in [0.5, 0.6) is 5.75 Å². The Labute approximate surface area is 194 Å². The zero-order chi connectivity index (χ0) is 24.1. The minimum Gasteiger partial charge on any atom is -0.489 e. The van der Waals surface area contributed by atoms with Gasteiger partial charge in [0.25, 0.3) is 0 Å². The molecule has 0 spiro atoms. The zero-order valence-electron chi connectivity index (χ0n) is 18.6. The number of nitriles is 1. The van der Waals surface area contributed by atoms with E-state index in [-0.39, 0.29) is 31.7 Å². The van der Waals surface area contributed by atoms with E-state index >= 15 is 0 Å². The molecule has 0 saturated carbocycles. The molecule has 0 bridgehead atoms. The molecule has 1 radical (unpaired) electrons. The molecule has 33 heavy (non-hydrogen) atoms. The van der Waals surface area contributed by atoms with Crippen molar-refractivity contribution < 1.29 is 19.1 Å². The number of primary amides is 1. The first-order valence-corrected chi connectivity index (χ1v) is 10.7. The Balaban J connectivity index is 1.97. The summed E-state index contributed by atoms with van der Waals surface area (Å²) in [5.74, 6) is -1.15. The van der Waals surface area contributed by atoms with E-state index in [2.05, 4.69) is 10.6 Å². The van der Waals surface area contributed by atoms with Crippen molar-refractivity contribution in [3.63, 3.8) is 0 Å². The number of hydrogen-bond acceptors (Lipinski definition) is 5. The van der Waals surface area contributed by atoms with Crippen LogP contribution in [0.2, 0.25) is 0 Å². The lowest BCUT2D eigenvalue weighted by atomic mass is 10.0. The summed E-state index contributed by atoms with van der Waals surface area (Å²) in [7, 11) is 0. The maximum atomic E-state index is 12.6. The largest absolute Gasteiger partial charge is 0.489 e. The minimum absolute atomic E-state index is 0.169. The first-order valence-electron chi connectivity index (χ1n) is 10.7. The van der Waals surface area contributed by atoms with Gasteiger partial charge in [0.1, 0.15) is 18.4 Å². The second-order valence-electron chi connectivity index (χ2n) is 7.63. The van der Waals surface area contributed by atoms with Gasteiger partial charge >= 0.3 is 0 Å². The van der Waals surface area contributed by atoms with Crippen molar-refractivity contribution >= 4 is 17.7 Å². The Bertz CT molecular complexity index is 955. The van der Waals surface area contributed by atoms with Gasteiger partial charge in [-0.1, -0.05) is 49.4 Å². The predicted molar refractivity (Wildman–Crippen MR) is 123 cm³/mol. The number of amides is 3. The van der Waals surface area contributed by atoms with Gasteiger partial charge in [-0.25, -0.2) is 0 Å². The summed E-state index contributed by atoms with van der Waals surface area (Å²) in [6, 6.07) is 18.2. The Morgan fingerprint density at radius 1 is 1.09 bits per heavy atom. The molecule has 2 aromatic rings. The summed E-state index contributed by atoms with van der Waals surface area (Å²) in [4.78, 5) is 36.0. The number of nitrogens with two attached hydrogens (primary N) is 1. The molecule has 0 saturated heterocycles. The second-order valence-corrected chi connectivity index (χ2v) is 7.63. The summed E-state index contributed by atoms with van der Waals surface area (Å²) >= 11 is 0. The average Bonchev–Trinajstić information content (AvgIpc) is 2.82. The van der Waals surface area contributed by atoms with Crippen molar-refractivity contribution in [1.82, 2.24) is 10.6 Å². The van der Waals surface area contributed by atoms with Crippen molar-refractivity contribution in [2.75, 3.05) is 6.54 Å². The number of ether oxygens (including phenoxy) is 1. The first kappa shape index (κ1) is 25.4. The fourth-order valence-corrected chi connectivity index (χ4v) is 2.90. The van der Waals surface area contributed by atoms with E-state index in [1.165, 1.54) is 6.42 Å². The van der Waals surface area contributed by atoms with E-state index in [4.69, 9.17) is 15.7 Å². The standard InChI is InChI=1S/C25H29N4O4/c1-18(24(27)31)8-13-23(30)29-22(25(32)28-15-5-14-26)16-19-9-11-21(12-10-19)33-17-20-6-3-2-4-7-20/h2-4,6-7,9-13,18,22H,5,8,15-17H2,1H3,(H2,27,31)(H,28,32)(H,29,30). The SMILES string of the molecule is CC(C[CH]C(=O)NC(Cc1ccc(OCc2ccccc2)cc1)C(=O)NCCC#N)C(N)=O. The zero-order valence-corrected chi connectivity index (χ0v) is 18.6. The van der Waals surface area contributed by atoms with Gasteiger partial charge in [0.2, 0.25) is 17.7 Å². The van der Waals surface area contributed by atoms with Crippen LogP contribution in [0.1, 0.15) is 30.9 Å². The second kappa shape index (κ2) is 13.5. The van der Waals surface area contributed by atoms with Crippen LogP contribution in [-0.4, -0.2) is 30.3 Å². The number of benzene rings is 2. The van der Waals surface area contributed by atoms with Crippen molar-refractivity contribution in [3.05, 3.63) is 72.1 Å². The summed E-state index contributed by atoms with van der Waals surface area (Å²) in [6.45, 7) is 2.26. The van der Waals surface area contributed by atoms with Gasteiger partial charge < -0.3 is 21.1 Å². The molecule has 0 aromatic heterocycles. The van der Waals surface area contributed by atoms with E-state index in [0.29, 0.717) is 12.4 Å². The maximum Gasteiger partial charge on any atom is 0.242 e. The van der Waals surface area contributed by atoms with Crippen LogP contribution in [0.15, 0.2) is 54.6 Å². The van der Waals surface area contributed by atoms with Gasteiger partial charge in [0.05, 0.1) is 18.9 Å². The van der Waals surface area contributed by atoms with Gasteiger partial charge in [-0.2, -0.15) is 5.26 Å². The summed E-state index contributed by atoms with van der Waals surface area (Å²) < 4.78 is 5.78. The van der Waals surface area contributed by atoms with Crippen LogP contribution in [0.3, 0.4) is 0 Å². The molecule has 8 nitrogen and oxygen atoms in total. The normalized spacial score (nSPS) is 12.1. The highest BCUT2D eigenvalue weighted by Crippen LogP contribution is 2.16. The number of carbonyl (C=O) groups is 3. The van der Waals surface area contributed by atoms with Crippen molar-refractivity contribution in [2.45, 2.75) is 38.8 Å². The van der Waals surface area contributed by atoms with E-state index in [0.717, 1.165) is 11.1 Å². The molecule has 2 aromatic carbocycles. The molecule has 173 valence electrons. The molecular weight excluding hydrogens is 420 g/mol. The Morgan fingerprint density at radius 3 is 2.42 bits per heavy atom. The summed E-state index contributed by atoms with van der Waals surface area (Å²) in [5, 5.41) is 14.0. The molecule has 2 atom stereocenters. The van der Waals surface area contributed by atoms with Crippen molar-refractivity contribution in [1.29, 1.82) is 5.26 Å². The number of nitrogens with one attached hydrogen (secondary N) is 2. The highest BCUT2D eigenvalue weighted by molar-refractivity contribution is 5.91. The predicted octanol–water partition coefficient (Wildman–Crippen LogP) is 2.04. The number of carbonyl (C=O) groups excluding carboxylic acids is 3. The number of nitrogens with zero attached hydrogens (tertiary/aromatic N) is 1. The Kier molecular flexibility index (Phi) is 10.4. The molecule has 0 aliphatic rings. The molecule has 2 unspecified atom stereocenters. The van der Waals surface area contributed by atoms with E-state index in [1.54, 1.807) is 6.92 Å². The molecule has 8 heteroatoms. The molecule has 0 aliphatic heterocycles. The molecule has 0 fully saturated rings. The molecule has 4 N–H and O–H groups in total. The van der Waals surface area contributed by atoms with Gasteiger partial charge in [-0.15, -0.1) is 0 Å². The van der Waals surface area contributed by atoms with E-state index < -0.39 is 23.8 Å². The molecule has 2 rings (SSSR count). The Hall–Kier alpha value is -3.86. The highest BCUT2D eigenvalue weighted by atomic mass is 16.5. The highest BCUT2D eigenvalue weighted by Gasteiger charge is 2.22. The first-order chi connectivity index (χ1) is 15.9. The van der Waals surface area contributed by atoms with Crippen LogP contribution in [0, 0.1) is 23.7 Å². The third kappa shape index (κ3) is 9.44. The lowest BCUT2D eigenvalue weighted by molar-refractivity contribution is -0.127. The summed E-state index contributed by atoms with van der Waals surface area (Å²) in [5.41, 5.74) is 7.10. The lowest BCUT2D eigenvalue weighted by Crippen LogP contribution is -2.48. The van der Waals surface area contributed by atoms with Gasteiger partial charge in [0, 0.05) is 18.9 Å². The minimum atomic E-state index is -0.840. The maximum absolute atomic E-state index is 12.6. The quantitative estimate of drug-likeness (QED) is 0.402. The molecule has 0 aliphatic carbocycles. The van der Waals surface area contributed by atoms with Crippen LogP contribution in [0.4, 0.5) is 0 Å². The third-order valence-electron chi connectivity index (χ3n) is 4.92. The number of hydrogen-bond donors (Lipinski definition) is 3. The van der Waals surface area contributed by atoms with Gasteiger partial charge in [0.15, 0.2) is 0 Å². The monoisotopic (exact) mass is 449 g/mol. The van der Waals surface area contributed by atoms with Gasteiger partial charge in [-0.3, -0.25) is 14.4 Å². The van der Waals surface area contributed by atoms with Gasteiger partial charge in [-0.05, 0) is 29.7 Å². The van der Waals surface area contributed by atoms with Crippen LogP contribution in [0.25, 0.3) is 0 Å².